The molecule has 0 spiro atoms. The van der Waals surface area contributed by atoms with Crippen LogP contribution in [0.1, 0.15) is 29.7 Å². The van der Waals surface area contributed by atoms with E-state index in [1.165, 1.54) is 6.07 Å². The SMILES string of the molecule is CCNC(c1cc(F)ccc1C)c1ccc(OC)cc1Cl. The summed E-state index contributed by atoms with van der Waals surface area (Å²) in [5.74, 6) is 0.457. The minimum atomic E-state index is -0.247. The van der Waals surface area contributed by atoms with E-state index in [9.17, 15) is 4.39 Å². The first-order valence-electron chi connectivity index (χ1n) is 6.89. The molecule has 1 N–H and O–H groups in total. The van der Waals surface area contributed by atoms with Crippen LogP contribution in [0.25, 0.3) is 0 Å². The van der Waals surface area contributed by atoms with Gasteiger partial charge in [0.15, 0.2) is 0 Å². The zero-order valence-corrected chi connectivity index (χ0v) is 13.2. The van der Waals surface area contributed by atoms with Gasteiger partial charge in [-0.15, -0.1) is 0 Å². The maximum absolute atomic E-state index is 13.6. The van der Waals surface area contributed by atoms with Crippen molar-refractivity contribution in [2.45, 2.75) is 19.9 Å². The number of halogens is 2. The number of rotatable bonds is 5. The van der Waals surface area contributed by atoms with E-state index < -0.39 is 0 Å². The van der Waals surface area contributed by atoms with Crippen LogP contribution in [0.4, 0.5) is 4.39 Å². The maximum atomic E-state index is 13.6. The number of hydrogen-bond donors (Lipinski definition) is 1. The summed E-state index contributed by atoms with van der Waals surface area (Å²) < 4.78 is 18.8. The molecule has 4 heteroatoms. The molecule has 0 aliphatic heterocycles. The van der Waals surface area contributed by atoms with E-state index in [1.54, 1.807) is 25.3 Å². The van der Waals surface area contributed by atoms with Crippen LogP contribution in [0.3, 0.4) is 0 Å². The fraction of sp³-hybridized carbons (Fsp3) is 0.294. The molecule has 0 saturated carbocycles. The van der Waals surface area contributed by atoms with Gasteiger partial charge in [-0.1, -0.05) is 30.7 Å². The Hall–Kier alpha value is -1.58. The molecule has 1 atom stereocenters. The summed E-state index contributed by atoms with van der Waals surface area (Å²) in [5.41, 5.74) is 2.83. The summed E-state index contributed by atoms with van der Waals surface area (Å²) in [6.07, 6.45) is 0. The number of aryl methyl sites for hydroxylation is 1. The van der Waals surface area contributed by atoms with Crippen molar-refractivity contribution in [2.24, 2.45) is 0 Å². The molecular formula is C17H19ClFNO. The van der Waals surface area contributed by atoms with E-state index in [1.807, 2.05) is 26.0 Å². The third-order valence-electron chi connectivity index (χ3n) is 3.48. The standard InChI is InChI=1S/C17H19ClFNO/c1-4-20-17(15-9-12(19)6-5-11(15)2)14-8-7-13(21-3)10-16(14)18/h5-10,17,20H,4H2,1-3H3. The Morgan fingerprint density at radius 2 is 1.95 bits per heavy atom. The molecule has 2 nitrogen and oxygen atoms in total. The minimum absolute atomic E-state index is 0.149. The van der Waals surface area contributed by atoms with Gasteiger partial charge in [0.1, 0.15) is 11.6 Å². The highest BCUT2D eigenvalue weighted by Crippen LogP contribution is 2.32. The van der Waals surface area contributed by atoms with Crippen molar-refractivity contribution < 1.29 is 9.13 Å². The van der Waals surface area contributed by atoms with Gasteiger partial charge < -0.3 is 10.1 Å². The zero-order valence-electron chi connectivity index (χ0n) is 12.4. The summed E-state index contributed by atoms with van der Waals surface area (Å²) in [4.78, 5) is 0. The fourth-order valence-electron chi connectivity index (χ4n) is 2.38. The molecule has 0 fully saturated rings. The van der Waals surface area contributed by atoms with Crippen LogP contribution in [0.15, 0.2) is 36.4 Å². The fourth-order valence-corrected chi connectivity index (χ4v) is 2.66. The lowest BCUT2D eigenvalue weighted by Gasteiger charge is -2.22. The zero-order chi connectivity index (χ0) is 15.4. The monoisotopic (exact) mass is 307 g/mol. The van der Waals surface area contributed by atoms with E-state index in [0.29, 0.717) is 10.8 Å². The van der Waals surface area contributed by atoms with Gasteiger partial charge in [0.25, 0.3) is 0 Å². The molecule has 0 saturated heterocycles. The predicted molar refractivity (Wildman–Crippen MR) is 84.7 cm³/mol. The lowest BCUT2D eigenvalue weighted by atomic mass is 9.94. The molecule has 0 amide bonds. The molecule has 2 aromatic rings. The highest BCUT2D eigenvalue weighted by atomic mass is 35.5. The van der Waals surface area contributed by atoms with Gasteiger partial charge in [-0.25, -0.2) is 4.39 Å². The van der Waals surface area contributed by atoms with Crippen molar-refractivity contribution in [3.05, 3.63) is 63.9 Å². The third kappa shape index (κ3) is 3.55. The Morgan fingerprint density at radius 3 is 2.57 bits per heavy atom. The van der Waals surface area contributed by atoms with Gasteiger partial charge in [-0.2, -0.15) is 0 Å². The Balaban J connectivity index is 2.50. The van der Waals surface area contributed by atoms with Crippen molar-refractivity contribution in [3.8, 4) is 5.75 Å². The van der Waals surface area contributed by atoms with Crippen LogP contribution < -0.4 is 10.1 Å². The molecule has 0 aliphatic rings. The molecule has 2 rings (SSSR count). The molecular weight excluding hydrogens is 289 g/mol. The first-order valence-corrected chi connectivity index (χ1v) is 7.27. The highest BCUT2D eigenvalue weighted by Gasteiger charge is 2.19. The molecule has 0 aromatic heterocycles. The van der Waals surface area contributed by atoms with Crippen molar-refractivity contribution >= 4 is 11.6 Å². The van der Waals surface area contributed by atoms with Crippen LogP contribution in [-0.4, -0.2) is 13.7 Å². The third-order valence-corrected chi connectivity index (χ3v) is 3.81. The Morgan fingerprint density at radius 1 is 1.19 bits per heavy atom. The summed E-state index contributed by atoms with van der Waals surface area (Å²) >= 11 is 6.37. The van der Waals surface area contributed by atoms with Gasteiger partial charge in [-0.05, 0) is 54.4 Å². The van der Waals surface area contributed by atoms with Gasteiger partial charge in [0.05, 0.1) is 13.2 Å². The van der Waals surface area contributed by atoms with Gasteiger partial charge in [-0.3, -0.25) is 0 Å². The second-order valence-corrected chi connectivity index (χ2v) is 5.29. The molecule has 21 heavy (non-hydrogen) atoms. The van der Waals surface area contributed by atoms with Crippen LogP contribution in [0.2, 0.25) is 5.02 Å². The van der Waals surface area contributed by atoms with E-state index in [4.69, 9.17) is 16.3 Å². The first-order chi connectivity index (χ1) is 10.1. The summed E-state index contributed by atoms with van der Waals surface area (Å²) in [6.45, 7) is 4.73. The van der Waals surface area contributed by atoms with E-state index in [2.05, 4.69) is 5.32 Å². The van der Waals surface area contributed by atoms with Crippen molar-refractivity contribution in [1.82, 2.24) is 5.32 Å². The Kier molecular flexibility index (Phi) is 5.21. The van der Waals surface area contributed by atoms with Crippen LogP contribution in [0.5, 0.6) is 5.75 Å². The van der Waals surface area contributed by atoms with E-state index in [-0.39, 0.29) is 11.9 Å². The largest absolute Gasteiger partial charge is 0.497 e. The molecule has 0 bridgehead atoms. The predicted octanol–water partition coefficient (Wildman–Crippen LogP) is 4.50. The van der Waals surface area contributed by atoms with Crippen molar-refractivity contribution in [2.75, 3.05) is 13.7 Å². The van der Waals surface area contributed by atoms with Gasteiger partial charge >= 0.3 is 0 Å². The van der Waals surface area contributed by atoms with Crippen LogP contribution in [-0.2, 0) is 0 Å². The lowest BCUT2D eigenvalue weighted by Crippen LogP contribution is -2.23. The Labute approximate surface area is 129 Å². The number of methoxy groups -OCH3 is 1. The molecule has 0 heterocycles. The Bertz CT molecular complexity index is 630. The van der Waals surface area contributed by atoms with E-state index in [0.717, 1.165) is 23.2 Å². The topological polar surface area (TPSA) is 21.3 Å². The second kappa shape index (κ2) is 6.92. The number of ether oxygens (including phenoxy) is 1. The molecule has 2 aromatic carbocycles. The smallest absolute Gasteiger partial charge is 0.123 e. The molecule has 1 unspecified atom stereocenters. The van der Waals surface area contributed by atoms with Crippen LogP contribution in [0, 0.1) is 12.7 Å². The molecule has 0 radical (unpaired) electrons. The summed E-state index contributed by atoms with van der Waals surface area (Å²) in [6, 6.07) is 10.2. The summed E-state index contributed by atoms with van der Waals surface area (Å²) in [7, 11) is 1.60. The van der Waals surface area contributed by atoms with Crippen LogP contribution >= 0.6 is 11.6 Å². The average Bonchev–Trinajstić information content (AvgIpc) is 2.48. The van der Waals surface area contributed by atoms with Crippen molar-refractivity contribution in [3.63, 3.8) is 0 Å². The normalized spacial score (nSPS) is 12.2. The van der Waals surface area contributed by atoms with Gasteiger partial charge in [0, 0.05) is 5.02 Å². The number of benzene rings is 2. The molecule has 112 valence electrons. The minimum Gasteiger partial charge on any atom is -0.497 e. The maximum Gasteiger partial charge on any atom is 0.123 e. The molecule has 0 aliphatic carbocycles. The second-order valence-electron chi connectivity index (χ2n) is 4.88. The summed E-state index contributed by atoms with van der Waals surface area (Å²) in [5, 5.41) is 3.97. The van der Waals surface area contributed by atoms with Crippen molar-refractivity contribution in [1.29, 1.82) is 0 Å². The first kappa shape index (κ1) is 15.8. The van der Waals surface area contributed by atoms with Gasteiger partial charge in [0.2, 0.25) is 0 Å². The number of nitrogens with one attached hydrogen (secondary N) is 1. The quantitative estimate of drug-likeness (QED) is 0.878. The van der Waals surface area contributed by atoms with E-state index >= 15 is 0 Å². The highest BCUT2D eigenvalue weighted by molar-refractivity contribution is 6.31. The average molecular weight is 308 g/mol. The number of hydrogen-bond acceptors (Lipinski definition) is 2. The lowest BCUT2D eigenvalue weighted by molar-refractivity contribution is 0.414.